The van der Waals surface area contributed by atoms with Crippen molar-refractivity contribution in [3.8, 4) is 0 Å². The summed E-state index contributed by atoms with van der Waals surface area (Å²) in [5, 5.41) is -0.222. The second-order valence-corrected chi connectivity index (χ2v) is 6.78. The number of fused-ring (bicyclic) bond motifs is 1. The van der Waals surface area contributed by atoms with Crippen molar-refractivity contribution in [1.29, 1.82) is 0 Å². The third kappa shape index (κ3) is 2.44. The van der Waals surface area contributed by atoms with Crippen LogP contribution in [0.5, 0.6) is 0 Å². The van der Waals surface area contributed by atoms with Gasteiger partial charge in [0.05, 0.1) is 16.4 Å². The van der Waals surface area contributed by atoms with E-state index in [1.807, 2.05) is 13.0 Å². The Morgan fingerprint density at radius 2 is 2.05 bits per heavy atom. The summed E-state index contributed by atoms with van der Waals surface area (Å²) in [6, 6.07) is 3.38. The molecule has 0 spiro atoms. The third-order valence-electron chi connectivity index (χ3n) is 4.43. The molecule has 1 atom stereocenters. The highest BCUT2D eigenvalue weighted by atomic mass is 35.5. The summed E-state index contributed by atoms with van der Waals surface area (Å²) in [6.45, 7) is 7.35. The molecular formula is C16H20ClFN2O. The Morgan fingerprint density at radius 3 is 2.67 bits per heavy atom. The number of alkyl halides is 1. The predicted octanol–water partition coefficient (Wildman–Crippen LogP) is 4.31. The van der Waals surface area contributed by atoms with E-state index in [4.69, 9.17) is 16.3 Å². The van der Waals surface area contributed by atoms with Crippen molar-refractivity contribution >= 4 is 22.6 Å². The average Bonchev–Trinajstić information content (AvgIpc) is 2.79. The normalized spacial score (nSPS) is 19.9. The summed E-state index contributed by atoms with van der Waals surface area (Å²) in [5.41, 5.74) is 2.18. The maximum absolute atomic E-state index is 13.8. The fraction of sp³-hybridized carbons (Fsp3) is 0.562. The van der Waals surface area contributed by atoms with E-state index in [2.05, 4.69) is 16.5 Å². The molecule has 5 heteroatoms. The highest BCUT2D eigenvalue weighted by Crippen LogP contribution is 2.37. The second kappa shape index (κ2) is 5.25. The molecule has 1 fully saturated rings. The van der Waals surface area contributed by atoms with Crippen molar-refractivity contribution < 1.29 is 9.13 Å². The maximum atomic E-state index is 13.8. The van der Waals surface area contributed by atoms with Crippen LogP contribution in [0.15, 0.2) is 12.1 Å². The van der Waals surface area contributed by atoms with Crippen LogP contribution in [0.25, 0.3) is 11.0 Å². The first kappa shape index (κ1) is 14.8. The van der Waals surface area contributed by atoms with Crippen LogP contribution in [0.3, 0.4) is 0 Å². The van der Waals surface area contributed by atoms with Crippen molar-refractivity contribution in [2.75, 3.05) is 13.2 Å². The van der Waals surface area contributed by atoms with E-state index in [1.165, 1.54) is 6.07 Å². The third-order valence-corrected chi connectivity index (χ3v) is 4.62. The van der Waals surface area contributed by atoms with Crippen molar-refractivity contribution in [3.63, 3.8) is 0 Å². The molecule has 2 aromatic rings. The van der Waals surface area contributed by atoms with Gasteiger partial charge in [0.2, 0.25) is 0 Å². The van der Waals surface area contributed by atoms with Crippen molar-refractivity contribution in [2.45, 2.75) is 44.5 Å². The van der Waals surface area contributed by atoms with Gasteiger partial charge < -0.3 is 9.30 Å². The van der Waals surface area contributed by atoms with Crippen LogP contribution < -0.4 is 0 Å². The Bertz CT molecular complexity index is 674. The molecule has 1 aromatic carbocycles. The molecule has 1 aliphatic heterocycles. The average molecular weight is 311 g/mol. The summed E-state index contributed by atoms with van der Waals surface area (Å²) in [5.74, 6) is 0.583. The monoisotopic (exact) mass is 310 g/mol. The van der Waals surface area contributed by atoms with Gasteiger partial charge in [0.15, 0.2) is 0 Å². The van der Waals surface area contributed by atoms with E-state index in [1.54, 1.807) is 6.92 Å². The minimum atomic E-state index is -0.224. The van der Waals surface area contributed by atoms with E-state index in [0.717, 1.165) is 37.4 Å². The van der Waals surface area contributed by atoms with Gasteiger partial charge in [-0.3, -0.25) is 0 Å². The zero-order valence-corrected chi connectivity index (χ0v) is 13.4. The molecule has 0 amide bonds. The molecule has 0 saturated carbocycles. The molecule has 1 aliphatic rings. The highest BCUT2D eigenvalue weighted by Gasteiger charge is 2.34. The molecule has 3 rings (SSSR count). The van der Waals surface area contributed by atoms with Gasteiger partial charge in [-0.2, -0.15) is 0 Å². The van der Waals surface area contributed by atoms with Crippen molar-refractivity contribution in [1.82, 2.24) is 9.55 Å². The van der Waals surface area contributed by atoms with Gasteiger partial charge in [-0.25, -0.2) is 9.37 Å². The molecule has 2 heterocycles. The maximum Gasteiger partial charge on any atom is 0.128 e. The minimum absolute atomic E-state index is 0.0875. The summed E-state index contributed by atoms with van der Waals surface area (Å²) in [4.78, 5) is 4.58. The molecule has 1 saturated heterocycles. The molecule has 0 aliphatic carbocycles. The number of halogens is 2. The number of hydrogen-bond acceptors (Lipinski definition) is 2. The number of ether oxygens (including phenoxy) is 1. The van der Waals surface area contributed by atoms with Crippen LogP contribution in [0.4, 0.5) is 4.39 Å². The molecule has 0 bridgehead atoms. The summed E-state index contributed by atoms with van der Waals surface area (Å²) in [6.07, 6.45) is 1.82. The Morgan fingerprint density at radius 1 is 1.38 bits per heavy atom. The molecule has 1 unspecified atom stereocenters. The van der Waals surface area contributed by atoms with Gasteiger partial charge in [-0.15, -0.1) is 11.6 Å². The minimum Gasteiger partial charge on any atom is -0.381 e. The number of nitrogens with zero attached hydrogens (tertiary/aromatic N) is 2. The summed E-state index contributed by atoms with van der Waals surface area (Å²) >= 11 is 6.33. The van der Waals surface area contributed by atoms with E-state index < -0.39 is 0 Å². The van der Waals surface area contributed by atoms with Crippen LogP contribution in [0.1, 0.15) is 43.5 Å². The van der Waals surface area contributed by atoms with Crippen LogP contribution in [0.2, 0.25) is 0 Å². The second-order valence-electron chi connectivity index (χ2n) is 6.12. The Labute approximate surface area is 129 Å². The van der Waals surface area contributed by atoms with E-state index in [-0.39, 0.29) is 16.7 Å². The predicted molar refractivity (Wildman–Crippen MR) is 82.4 cm³/mol. The van der Waals surface area contributed by atoms with Gasteiger partial charge in [0, 0.05) is 24.8 Å². The Balaban J connectivity index is 2.27. The van der Waals surface area contributed by atoms with Crippen LogP contribution in [-0.2, 0) is 10.3 Å². The van der Waals surface area contributed by atoms with Crippen LogP contribution >= 0.6 is 11.6 Å². The van der Waals surface area contributed by atoms with Gasteiger partial charge in [-0.1, -0.05) is 0 Å². The highest BCUT2D eigenvalue weighted by molar-refractivity contribution is 6.20. The lowest BCUT2D eigenvalue weighted by molar-refractivity contribution is 0.0300. The topological polar surface area (TPSA) is 27.1 Å². The lowest BCUT2D eigenvalue weighted by atomic mass is 9.91. The molecule has 21 heavy (non-hydrogen) atoms. The number of hydrogen-bond donors (Lipinski definition) is 0. The Hall–Kier alpha value is -1.13. The Kier molecular flexibility index (Phi) is 3.70. The molecule has 0 radical (unpaired) electrons. The molecule has 114 valence electrons. The van der Waals surface area contributed by atoms with Gasteiger partial charge in [-0.05, 0) is 45.2 Å². The summed E-state index contributed by atoms with van der Waals surface area (Å²) in [7, 11) is 0. The largest absolute Gasteiger partial charge is 0.381 e. The van der Waals surface area contributed by atoms with E-state index in [0.29, 0.717) is 11.1 Å². The lowest BCUT2D eigenvalue weighted by Gasteiger charge is -2.37. The number of aromatic nitrogens is 2. The van der Waals surface area contributed by atoms with Crippen LogP contribution in [-0.4, -0.2) is 22.8 Å². The number of benzene rings is 1. The molecule has 0 N–H and O–H groups in total. The number of aryl methyl sites for hydroxylation is 1. The van der Waals surface area contributed by atoms with E-state index in [9.17, 15) is 4.39 Å². The quantitative estimate of drug-likeness (QED) is 0.773. The van der Waals surface area contributed by atoms with Gasteiger partial charge >= 0.3 is 0 Å². The fourth-order valence-electron chi connectivity index (χ4n) is 3.09. The smallest absolute Gasteiger partial charge is 0.128 e. The molecular weight excluding hydrogens is 291 g/mol. The summed E-state index contributed by atoms with van der Waals surface area (Å²) < 4.78 is 21.5. The molecule has 3 nitrogen and oxygen atoms in total. The van der Waals surface area contributed by atoms with Crippen molar-refractivity contribution in [2.24, 2.45) is 0 Å². The van der Waals surface area contributed by atoms with Gasteiger partial charge in [0.25, 0.3) is 0 Å². The number of rotatable bonds is 2. The first-order valence-electron chi connectivity index (χ1n) is 7.33. The fourth-order valence-corrected chi connectivity index (χ4v) is 3.24. The first-order valence-corrected chi connectivity index (χ1v) is 7.77. The van der Waals surface area contributed by atoms with Crippen LogP contribution in [0, 0.1) is 12.7 Å². The number of imidazole rings is 1. The SMILES string of the molecule is Cc1cc2c(cc1F)nc(C(C)Cl)n2C1(C)CCOCC1. The first-order chi connectivity index (χ1) is 9.92. The standard InChI is InChI=1S/C16H20ClFN2O/c1-10-8-14-13(9-12(10)18)19-15(11(2)17)20(14)16(3)4-6-21-7-5-16/h8-9,11H,4-7H2,1-3H3. The zero-order chi connectivity index (χ0) is 15.2. The lowest BCUT2D eigenvalue weighted by Crippen LogP contribution is -2.37. The van der Waals surface area contributed by atoms with Gasteiger partial charge in [0.1, 0.15) is 11.6 Å². The molecule has 1 aromatic heterocycles. The van der Waals surface area contributed by atoms with E-state index >= 15 is 0 Å². The zero-order valence-electron chi connectivity index (χ0n) is 12.6. The van der Waals surface area contributed by atoms with Crippen molar-refractivity contribution in [3.05, 3.63) is 29.3 Å².